The molecule has 31 heavy (non-hydrogen) atoms. The zero-order valence-corrected chi connectivity index (χ0v) is 17.4. The van der Waals surface area contributed by atoms with E-state index in [1.54, 1.807) is 38.5 Å². The third-order valence-corrected chi connectivity index (χ3v) is 5.26. The van der Waals surface area contributed by atoms with E-state index in [0.717, 1.165) is 18.7 Å². The van der Waals surface area contributed by atoms with Crippen molar-refractivity contribution in [3.8, 4) is 22.9 Å². The van der Waals surface area contributed by atoms with E-state index in [0.29, 0.717) is 48.5 Å². The molecule has 1 saturated heterocycles. The van der Waals surface area contributed by atoms with Gasteiger partial charge in [0.05, 0.1) is 25.7 Å². The lowest BCUT2D eigenvalue weighted by Crippen LogP contribution is -2.46. The summed E-state index contributed by atoms with van der Waals surface area (Å²) in [5, 5.41) is 15.4. The molecule has 10 nitrogen and oxygen atoms in total. The fourth-order valence-corrected chi connectivity index (χ4v) is 3.64. The molecule has 0 amide bonds. The number of aromatic nitrogens is 2. The van der Waals surface area contributed by atoms with Gasteiger partial charge in [0.25, 0.3) is 5.69 Å². The van der Waals surface area contributed by atoms with Gasteiger partial charge in [0.15, 0.2) is 11.5 Å². The largest absolute Gasteiger partial charge is 0.493 e. The van der Waals surface area contributed by atoms with Gasteiger partial charge in [-0.15, -0.1) is 0 Å². The monoisotopic (exact) mass is 425 g/mol. The highest BCUT2D eigenvalue weighted by molar-refractivity contribution is 5.63. The second-order valence-electron chi connectivity index (χ2n) is 7.09. The van der Waals surface area contributed by atoms with Gasteiger partial charge in [0.1, 0.15) is 5.69 Å². The lowest BCUT2D eigenvalue weighted by molar-refractivity contribution is -0.384. The average molecular weight is 425 g/mol. The van der Waals surface area contributed by atoms with E-state index in [4.69, 9.17) is 14.0 Å². The maximum atomic E-state index is 11.3. The van der Waals surface area contributed by atoms with Crippen molar-refractivity contribution in [2.24, 2.45) is 0 Å². The summed E-state index contributed by atoms with van der Waals surface area (Å²) in [6, 6.07) is 12.3. The van der Waals surface area contributed by atoms with Crippen LogP contribution in [0.1, 0.15) is 5.89 Å². The third kappa shape index (κ3) is 4.43. The summed E-state index contributed by atoms with van der Waals surface area (Å²) >= 11 is 0. The van der Waals surface area contributed by atoms with E-state index < -0.39 is 0 Å². The van der Waals surface area contributed by atoms with Gasteiger partial charge < -0.3 is 18.9 Å². The minimum Gasteiger partial charge on any atom is -0.493 e. The molecule has 0 radical (unpaired) electrons. The third-order valence-electron chi connectivity index (χ3n) is 5.26. The number of para-hydroxylation sites is 2. The maximum Gasteiger partial charge on any atom is 0.292 e. The number of rotatable bonds is 7. The first kappa shape index (κ1) is 20.6. The van der Waals surface area contributed by atoms with Gasteiger partial charge >= 0.3 is 0 Å². The fourth-order valence-electron chi connectivity index (χ4n) is 3.64. The molecule has 0 bridgehead atoms. The zero-order valence-electron chi connectivity index (χ0n) is 17.4. The molecule has 162 valence electrons. The highest BCUT2D eigenvalue weighted by atomic mass is 16.6. The molecule has 2 aromatic carbocycles. The van der Waals surface area contributed by atoms with Crippen molar-refractivity contribution < 1.29 is 18.9 Å². The quantitative estimate of drug-likeness (QED) is 0.417. The SMILES string of the molecule is COc1ccc(-c2noc(CN3CCN(c4ccccc4[N+](=O)[O-])CC3)n2)cc1OC. The van der Waals surface area contributed by atoms with Crippen molar-refractivity contribution >= 4 is 11.4 Å². The Hall–Kier alpha value is -3.66. The molecule has 4 rings (SSSR count). The minimum absolute atomic E-state index is 0.132. The van der Waals surface area contributed by atoms with Gasteiger partial charge in [-0.25, -0.2) is 0 Å². The standard InChI is InChI=1S/C21H23N5O5/c1-29-18-8-7-15(13-19(18)30-2)21-22-20(31-23-21)14-24-9-11-25(12-10-24)16-5-3-4-6-17(16)26(27)28/h3-8,13H,9-12,14H2,1-2H3. The highest BCUT2D eigenvalue weighted by Crippen LogP contribution is 2.31. The van der Waals surface area contributed by atoms with Crippen molar-refractivity contribution in [2.75, 3.05) is 45.3 Å². The first-order valence-corrected chi connectivity index (χ1v) is 9.84. The van der Waals surface area contributed by atoms with E-state index in [1.807, 2.05) is 17.0 Å². The molecule has 0 atom stereocenters. The van der Waals surface area contributed by atoms with Crippen LogP contribution < -0.4 is 14.4 Å². The van der Waals surface area contributed by atoms with Crippen LogP contribution >= 0.6 is 0 Å². The second kappa shape index (κ2) is 9.00. The molecule has 0 aliphatic carbocycles. The van der Waals surface area contributed by atoms with Gasteiger partial charge in [-0.1, -0.05) is 17.3 Å². The van der Waals surface area contributed by atoms with Crippen LogP contribution in [0.4, 0.5) is 11.4 Å². The molecule has 1 aromatic heterocycles. The van der Waals surface area contributed by atoms with Gasteiger partial charge in [0, 0.05) is 37.8 Å². The van der Waals surface area contributed by atoms with Crippen LogP contribution in [-0.4, -0.2) is 60.4 Å². The van der Waals surface area contributed by atoms with Crippen LogP contribution in [0.2, 0.25) is 0 Å². The van der Waals surface area contributed by atoms with E-state index in [9.17, 15) is 10.1 Å². The average Bonchev–Trinajstić information content (AvgIpc) is 3.27. The molecule has 10 heteroatoms. The number of nitrogens with zero attached hydrogens (tertiary/aromatic N) is 5. The zero-order chi connectivity index (χ0) is 21.8. The fraction of sp³-hybridized carbons (Fsp3) is 0.333. The molecule has 2 heterocycles. The van der Waals surface area contributed by atoms with Gasteiger partial charge in [-0.2, -0.15) is 4.98 Å². The lowest BCUT2D eigenvalue weighted by Gasteiger charge is -2.35. The molecule has 1 aliphatic heterocycles. The molecular formula is C21H23N5O5. The molecule has 1 fully saturated rings. The van der Waals surface area contributed by atoms with Crippen LogP contribution in [0.25, 0.3) is 11.4 Å². The molecule has 0 saturated carbocycles. The normalized spacial score (nSPS) is 14.5. The Kier molecular flexibility index (Phi) is 5.99. The van der Waals surface area contributed by atoms with Gasteiger partial charge in [0.2, 0.25) is 11.7 Å². The van der Waals surface area contributed by atoms with E-state index >= 15 is 0 Å². The molecule has 0 N–H and O–H groups in total. The van der Waals surface area contributed by atoms with Crippen LogP contribution in [0.5, 0.6) is 11.5 Å². The van der Waals surface area contributed by atoms with E-state index in [-0.39, 0.29) is 10.6 Å². The Bertz CT molecular complexity index is 1060. The Labute approximate surface area is 179 Å². The Morgan fingerprint density at radius 3 is 2.52 bits per heavy atom. The number of nitro benzene ring substituents is 1. The lowest BCUT2D eigenvalue weighted by atomic mass is 10.2. The number of nitro groups is 1. The van der Waals surface area contributed by atoms with Crippen molar-refractivity contribution in [3.05, 3.63) is 58.5 Å². The summed E-state index contributed by atoms with van der Waals surface area (Å²) in [4.78, 5) is 19.7. The number of methoxy groups -OCH3 is 2. The Morgan fingerprint density at radius 2 is 1.81 bits per heavy atom. The van der Waals surface area contributed by atoms with E-state index in [1.165, 1.54) is 6.07 Å². The number of benzene rings is 2. The number of hydrogen-bond acceptors (Lipinski definition) is 9. The molecule has 0 spiro atoms. The first-order chi connectivity index (χ1) is 15.1. The van der Waals surface area contributed by atoms with E-state index in [2.05, 4.69) is 15.0 Å². The molecular weight excluding hydrogens is 402 g/mol. The summed E-state index contributed by atoms with van der Waals surface area (Å²) in [6.45, 7) is 3.36. The summed E-state index contributed by atoms with van der Waals surface area (Å²) in [5.41, 5.74) is 1.56. The Morgan fingerprint density at radius 1 is 1.06 bits per heavy atom. The highest BCUT2D eigenvalue weighted by Gasteiger charge is 2.24. The van der Waals surface area contributed by atoms with Crippen LogP contribution in [-0.2, 0) is 6.54 Å². The number of ether oxygens (including phenoxy) is 2. The summed E-state index contributed by atoms with van der Waals surface area (Å²) in [7, 11) is 3.16. The summed E-state index contributed by atoms with van der Waals surface area (Å²) < 4.78 is 16.0. The molecule has 0 unspecified atom stereocenters. The number of hydrogen-bond donors (Lipinski definition) is 0. The van der Waals surface area contributed by atoms with Crippen molar-refractivity contribution in [1.82, 2.24) is 15.0 Å². The number of piperazine rings is 1. The van der Waals surface area contributed by atoms with Crippen molar-refractivity contribution in [3.63, 3.8) is 0 Å². The topological polar surface area (TPSA) is 107 Å². The van der Waals surface area contributed by atoms with Crippen LogP contribution in [0.3, 0.4) is 0 Å². The maximum absolute atomic E-state index is 11.3. The second-order valence-corrected chi connectivity index (χ2v) is 7.09. The number of anilines is 1. The predicted molar refractivity (Wildman–Crippen MR) is 113 cm³/mol. The van der Waals surface area contributed by atoms with Crippen molar-refractivity contribution in [1.29, 1.82) is 0 Å². The molecule has 3 aromatic rings. The smallest absolute Gasteiger partial charge is 0.292 e. The van der Waals surface area contributed by atoms with Crippen LogP contribution in [0, 0.1) is 10.1 Å². The van der Waals surface area contributed by atoms with Gasteiger partial charge in [-0.3, -0.25) is 15.0 Å². The summed E-state index contributed by atoms with van der Waals surface area (Å²) in [5.74, 6) is 2.22. The predicted octanol–water partition coefficient (Wildman–Crippen LogP) is 2.98. The van der Waals surface area contributed by atoms with Gasteiger partial charge in [-0.05, 0) is 24.3 Å². The summed E-state index contributed by atoms with van der Waals surface area (Å²) in [6.07, 6.45) is 0. The minimum atomic E-state index is -0.337. The first-order valence-electron chi connectivity index (χ1n) is 9.84. The van der Waals surface area contributed by atoms with Crippen LogP contribution in [0.15, 0.2) is 47.0 Å². The van der Waals surface area contributed by atoms with Crippen molar-refractivity contribution in [2.45, 2.75) is 6.54 Å². The molecule has 1 aliphatic rings. The Balaban J connectivity index is 1.39.